The second-order valence-corrected chi connectivity index (χ2v) is 10.9. The topological polar surface area (TPSA) is 93.0 Å². The van der Waals surface area contributed by atoms with Gasteiger partial charge in [0.25, 0.3) is 0 Å². The van der Waals surface area contributed by atoms with E-state index in [2.05, 4.69) is 10.2 Å². The zero-order valence-corrected chi connectivity index (χ0v) is 20.1. The van der Waals surface area contributed by atoms with Crippen molar-refractivity contribution in [2.75, 3.05) is 6.54 Å². The van der Waals surface area contributed by atoms with Crippen LogP contribution in [0, 0.1) is 11.8 Å². The maximum Gasteiger partial charge on any atom is 0.237 e. The summed E-state index contributed by atoms with van der Waals surface area (Å²) in [5.41, 5.74) is 1.22. The Morgan fingerprint density at radius 1 is 1.09 bits per heavy atom. The Hall–Kier alpha value is -1.47. The number of fused-ring (bicyclic) bond motifs is 1. The van der Waals surface area contributed by atoms with Gasteiger partial charge < -0.3 is 20.6 Å². The molecule has 1 aliphatic carbocycles. The normalized spacial score (nSPS) is 27.3. The molecule has 1 aromatic carbocycles. The molecule has 0 aromatic heterocycles. The number of aliphatic hydroxyl groups excluding tert-OH is 3. The zero-order chi connectivity index (χ0) is 23.5. The second-order valence-electron chi connectivity index (χ2n) is 10.9. The van der Waals surface area contributed by atoms with E-state index >= 15 is 0 Å². The summed E-state index contributed by atoms with van der Waals surface area (Å²) in [6, 6.07) is 7.27. The van der Waals surface area contributed by atoms with E-state index in [-0.39, 0.29) is 30.0 Å². The maximum absolute atomic E-state index is 13.2. The van der Waals surface area contributed by atoms with Crippen molar-refractivity contribution in [1.29, 1.82) is 0 Å². The summed E-state index contributed by atoms with van der Waals surface area (Å²) in [6.45, 7) is 8.20. The van der Waals surface area contributed by atoms with E-state index in [4.69, 9.17) is 0 Å². The van der Waals surface area contributed by atoms with Crippen LogP contribution in [0.25, 0.3) is 0 Å². The van der Waals surface area contributed by atoms with Crippen molar-refractivity contribution >= 4 is 5.91 Å². The highest BCUT2D eigenvalue weighted by Gasteiger charge is 2.43. The summed E-state index contributed by atoms with van der Waals surface area (Å²) in [7, 11) is 0. The average Bonchev–Trinajstić information content (AvgIpc) is 2.77. The Balaban J connectivity index is 1.74. The van der Waals surface area contributed by atoms with Crippen LogP contribution in [0.2, 0.25) is 0 Å². The van der Waals surface area contributed by atoms with Crippen LogP contribution in [0.15, 0.2) is 24.3 Å². The number of carbonyl (C=O) groups excluding carboxylic acids is 1. The molecular weight excluding hydrogens is 404 g/mol. The van der Waals surface area contributed by atoms with Crippen LogP contribution >= 0.6 is 0 Å². The molecule has 1 heterocycles. The number of benzene rings is 1. The van der Waals surface area contributed by atoms with E-state index in [1.807, 2.05) is 27.7 Å². The number of hydrogen-bond donors (Lipinski definition) is 4. The van der Waals surface area contributed by atoms with Gasteiger partial charge in [0.2, 0.25) is 5.91 Å². The second kappa shape index (κ2) is 10.6. The lowest BCUT2D eigenvalue weighted by atomic mass is 9.75. The van der Waals surface area contributed by atoms with Gasteiger partial charge in [-0.1, -0.05) is 44.0 Å². The van der Waals surface area contributed by atoms with Crippen LogP contribution < -0.4 is 5.32 Å². The summed E-state index contributed by atoms with van der Waals surface area (Å²) in [4.78, 5) is 15.4. The van der Waals surface area contributed by atoms with Gasteiger partial charge in [0, 0.05) is 24.0 Å². The first kappa shape index (κ1) is 25.2. The maximum atomic E-state index is 13.2. The van der Waals surface area contributed by atoms with Crippen LogP contribution in [0.1, 0.15) is 83.5 Å². The first-order chi connectivity index (χ1) is 15.1. The number of nitrogens with one attached hydrogen (secondary N) is 1. The first-order valence-electron chi connectivity index (χ1n) is 12.2. The number of aliphatic hydroxyl groups is 3. The monoisotopic (exact) mass is 446 g/mol. The quantitative estimate of drug-likeness (QED) is 0.516. The molecule has 0 unspecified atom stereocenters. The molecule has 0 bridgehead atoms. The Morgan fingerprint density at radius 3 is 2.38 bits per heavy atom. The molecule has 6 nitrogen and oxygen atoms in total. The van der Waals surface area contributed by atoms with Crippen LogP contribution in [0.5, 0.6) is 0 Å². The first-order valence-corrected chi connectivity index (χ1v) is 12.2. The molecule has 1 aliphatic heterocycles. The van der Waals surface area contributed by atoms with Gasteiger partial charge in [-0.25, -0.2) is 0 Å². The Morgan fingerprint density at radius 2 is 1.75 bits per heavy atom. The summed E-state index contributed by atoms with van der Waals surface area (Å²) in [5.74, 6) is 0.243. The highest BCUT2D eigenvalue weighted by Crippen LogP contribution is 2.39. The third-order valence-electron chi connectivity index (χ3n) is 7.31. The van der Waals surface area contributed by atoms with Gasteiger partial charge in [-0.05, 0) is 63.5 Å². The van der Waals surface area contributed by atoms with E-state index in [9.17, 15) is 20.1 Å². The van der Waals surface area contributed by atoms with Gasteiger partial charge >= 0.3 is 0 Å². The lowest BCUT2D eigenvalue weighted by Crippen LogP contribution is -2.61. The zero-order valence-electron chi connectivity index (χ0n) is 20.1. The highest BCUT2D eigenvalue weighted by molar-refractivity contribution is 5.82. The molecule has 2 aliphatic rings. The van der Waals surface area contributed by atoms with Gasteiger partial charge in [0.15, 0.2) is 0 Å². The fourth-order valence-corrected chi connectivity index (χ4v) is 5.44. The molecule has 1 saturated heterocycles. The molecule has 32 heavy (non-hydrogen) atoms. The van der Waals surface area contributed by atoms with Crippen molar-refractivity contribution in [3.05, 3.63) is 35.4 Å². The van der Waals surface area contributed by atoms with Crippen molar-refractivity contribution in [3.63, 3.8) is 0 Å². The lowest BCUT2D eigenvalue weighted by Gasteiger charge is -2.49. The van der Waals surface area contributed by atoms with Gasteiger partial charge in [-0.2, -0.15) is 0 Å². The van der Waals surface area contributed by atoms with E-state index in [1.54, 1.807) is 24.3 Å². The summed E-state index contributed by atoms with van der Waals surface area (Å²) in [5, 5.41) is 34.4. The number of carbonyl (C=O) groups is 1. The average molecular weight is 447 g/mol. The van der Waals surface area contributed by atoms with Crippen molar-refractivity contribution in [1.82, 2.24) is 10.2 Å². The third kappa shape index (κ3) is 6.10. The summed E-state index contributed by atoms with van der Waals surface area (Å²) in [6.07, 6.45) is 4.98. The number of hydrogen-bond acceptors (Lipinski definition) is 5. The highest BCUT2D eigenvalue weighted by atomic mass is 16.3. The van der Waals surface area contributed by atoms with Crippen molar-refractivity contribution in [2.24, 2.45) is 11.8 Å². The van der Waals surface area contributed by atoms with Gasteiger partial charge in [0.05, 0.1) is 24.9 Å². The van der Waals surface area contributed by atoms with Gasteiger partial charge in [-0.15, -0.1) is 0 Å². The Labute approximate surface area is 193 Å². The molecule has 6 heteroatoms. The van der Waals surface area contributed by atoms with Gasteiger partial charge in [-0.3, -0.25) is 9.69 Å². The molecule has 180 valence electrons. The lowest BCUT2D eigenvalue weighted by molar-refractivity contribution is -0.134. The molecule has 1 saturated carbocycles. The van der Waals surface area contributed by atoms with Crippen LogP contribution in [-0.2, 0) is 11.4 Å². The largest absolute Gasteiger partial charge is 0.392 e. The molecular formula is C26H42N2O4. The molecule has 1 amide bonds. The fourth-order valence-electron chi connectivity index (χ4n) is 5.44. The number of nitrogens with zero attached hydrogens (tertiary/aromatic N) is 1. The van der Waals surface area contributed by atoms with E-state index in [1.165, 1.54) is 12.8 Å². The van der Waals surface area contributed by atoms with Gasteiger partial charge in [0.1, 0.15) is 0 Å². The predicted molar refractivity (Wildman–Crippen MR) is 126 cm³/mol. The number of likely N-dealkylation sites (tertiary alicyclic amines) is 1. The van der Waals surface area contributed by atoms with Crippen molar-refractivity contribution in [2.45, 2.75) is 103 Å². The number of β-amino-alcohol motifs (C(OH)–C–C–N with tert-alkyl or cyclic N) is 1. The molecule has 6 atom stereocenters. The molecule has 4 N–H and O–H groups in total. The Bertz CT molecular complexity index is 745. The minimum Gasteiger partial charge on any atom is -0.392 e. The molecule has 2 fully saturated rings. The summed E-state index contributed by atoms with van der Waals surface area (Å²) < 4.78 is 0. The SMILES string of the molecule is C[C@@H]([C@H](O)CN1[C@@H](C(=O)NC(C)(C)C)CC[C@H]2CCCC[C@H]21)[C@@H](O)c1ccc(CO)cc1. The molecule has 1 aromatic rings. The smallest absolute Gasteiger partial charge is 0.237 e. The minimum atomic E-state index is -0.813. The van der Waals surface area contributed by atoms with Crippen molar-refractivity contribution < 1.29 is 20.1 Å². The predicted octanol–water partition coefficient (Wildman–Crippen LogP) is 3.15. The molecule has 3 rings (SSSR count). The fraction of sp³-hybridized carbons (Fsp3) is 0.731. The van der Waals surface area contributed by atoms with Crippen LogP contribution in [0.4, 0.5) is 0 Å². The van der Waals surface area contributed by atoms with Crippen molar-refractivity contribution in [3.8, 4) is 0 Å². The molecule has 0 spiro atoms. The Kier molecular flexibility index (Phi) is 8.37. The van der Waals surface area contributed by atoms with E-state index in [0.29, 0.717) is 18.5 Å². The van der Waals surface area contributed by atoms with E-state index < -0.39 is 12.2 Å². The number of piperidine rings is 1. The summed E-state index contributed by atoms with van der Waals surface area (Å²) >= 11 is 0. The number of amides is 1. The number of rotatable bonds is 7. The minimum absolute atomic E-state index is 0.0376. The van der Waals surface area contributed by atoms with E-state index in [0.717, 1.165) is 36.8 Å². The standard InChI is InChI=1S/C26H42N2O4/c1-17(24(31)20-11-9-18(16-29)10-12-20)23(30)15-28-21-8-6-5-7-19(21)13-14-22(28)25(32)27-26(2,3)4/h9-12,17,19,21-24,29-31H,5-8,13-16H2,1-4H3,(H,27,32)/t17-,19+,21+,22+,23+,24+/m0/s1. The third-order valence-corrected chi connectivity index (χ3v) is 7.31. The van der Waals surface area contributed by atoms with Crippen LogP contribution in [0.3, 0.4) is 0 Å². The molecule has 0 radical (unpaired) electrons. The van der Waals surface area contributed by atoms with Crippen LogP contribution in [-0.4, -0.2) is 56.4 Å².